The Kier molecular flexibility index (Phi) is 4.43. The van der Waals surface area contributed by atoms with Gasteiger partial charge in [-0.15, -0.1) is 0 Å². The van der Waals surface area contributed by atoms with Gasteiger partial charge in [-0.05, 0) is 71.6 Å². The van der Waals surface area contributed by atoms with Crippen molar-refractivity contribution >= 4 is 17.0 Å². The number of piperidine rings is 1. The molecule has 1 aliphatic rings. The molecule has 136 valence electrons. The van der Waals surface area contributed by atoms with Crippen LogP contribution in [0.4, 0.5) is 0 Å². The van der Waals surface area contributed by atoms with Crippen LogP contribution in [0.15, 0.2) is 59.7 Å². The van der Waals surface area contributed by atoms with Crippen LogP contribution >= 0.6 is 11.3 Å². The zero-order valence-electron chi connectivity index (χ0n) is 15.0. The summed E-state index contributed by atoms with van der Waals surface area (Å²) in [6, 6.07) is 10.4. The third-order valence-corrected chi connectivity index (χ3v) is 5.95. The summed E-state index contributed by atoms with van der Waals surface area (Å²) in [5.41, 5.74) is 4.59. The number of hydrogen-bond acceptors (Lipinski definition) is 5. The summed E-state index contributed by atoms with van der Waals surface area (Å²) >= 11 is 1.77. The maximum absolute atomic E-state index is 4.82. The SMILES string of the molecule is c1cc(-c2ccc3nc(C4CCCN(Cc5ccsc5)C4)nn3c2)ccn1. The van der Waals surface area contributed by atoms with Crippen molar-refractivity contribution in [2.75, 3.05) is 13.1 Å². The number of aromatic nitrogens is 4. The Hall–Kier alpha value is -2.57. The van der Waals surface area contributed by atoms with E-state index in [1.807, 2.05) is 29.0 Å². The second kappa shape index (κ2) is 7.21. The van der Waals surface area contributed by atoms with Crippen LogP contribution in [0, 0.1) is 0 Å². The summed E-state index contributed by atoms with van der Waals surface area (Å²) in [6.07, 6.45) is 8.06. The maximum Gasteiger partial charge on any atom is 0.156 e. The van der Waals surface area contributed by atoms with E-state index in [9.17, 15) is 0 Å². The van der Waals surface area contributed by atoms with E-state index in [1.54, 1.807) is 11.3 Å². The van der Waals surface area contributed by atoms with Crippen molar-refractivity contribution in [3.8, 4) is 11.1 Å². The quantitative estimate of drug-likeness (QED) is 0.535. The van der Waals surface area contributed by atoms with E-state index in [-0.39, 0.29) is 0 Å². The van der Waals surface area contributed by atoms with E-state index in [4.69, 9.17) is 10.1 Å². The second-order valence-electron chi connectivity index (χ2n) is 7.13. The molecule has 0 spiro atoms. The van der Waals surface area contributed by atoms with Crippen molar-refractivity contribution < 1.29 is 0 Å². The molecule has 6 heteroatoms. The van der Waals surface area contributed by atoms with Crippen molar-refractivity contribution in [3.63, 3.8) is 0 Å². The average Bonchev–Trinajstić information content (AvgIpc) is 3.38. The lowest BCUT2D eigenvalue weighted by molar-refractivity contribution is 0.197. The van der Waals surface area contributed by atoms with Gasteiger partial charge >= 0.3 is 0 Å². The smallest absolute Gasteiger partial charge is 0.156 e. The molecule has 0 radical (unpaired) electrons. The lowest BCUT2D eigenvalue weighted by Crippen LogP contribution is -2.34. The van der Waals surface area contributed by atoms with Crippen LogP contribution in [0.5, 0.6) is 0 Å². The Balaban J connectivity index is 1.38. The summed E-state index contributed by atoms with van der Waals surface area (Å²) in [6.45, 7) is 3.22. The number of pyridine rings is 2. The standard InChI is InChI=1S/C21H21N5S/c1-2-19(13-25(10-1)12-16-7-11-27-15-16)21-23-20-4-3-18(14-26(20)24-21)17-5-8-22-9-6-17/h3-9,11,14-15,19H,1-2,10,12-13H2. The first kappa shape index (κ1) is 16.6. The van der Waals surface area contributed by atoms with E-state index in [0.29, 0.717) is 5.92 Å². The Morgan fingerprint density at radius 1 is 1.07 bits per heavy atom. The third kappa shape index (κ3) is 3.50. The first-order valence-electron chi connectivity index (χ1n) is 9.35. The maximum atomic E-state index is 4.82. The fourth-order valence-corrected chi connectivity index (χ4v) is 4.50. The van der Waals surface area contributed by atoms with Crippen LogP contribution in [0.1, 0.15) is 30.1 Å². The van der Waals surface area contributed by atoms with Crippen LogP contribution in [-0.4, -0.2) is 37.6 Å². The Bertz CT molecular complexity index is 1030. The minimum atomic E-state index is 0.404. The van der Waals surface area contributed by atoms with Gasteiger partial charge in [0.15, 0.2) is 11.5 Å². The normalized spacial score (nSPS) is 18.1. The van der Waals surface area contributed by atoms with Gasteiger partial charge in [-0.25, -0.2) is 9.50 Å². The monoisotopic (exact) mass is 375 g/mol. The van der Waals surface area contributed by atoms with Gasteiger partial charge in [0.05, 0.1) is 0 Å². The first-order valence-corrected chi connectivity index (χ1v) is 10.3. The van der Waals surface area contributed by atoms with Crippen molar-refractivity contribution in [2.24, 2.45) is 0 Å². The Labute approximate surface area is 162 Å². The van der Waals surface area contributed by atoms with Gasteiger partial charge in [0.2, 0.25) is 0 Å². The lowest BCUT2D eigenvalue weighted by atomic mass is 9.97. The van der Waals surface area contributed by atoms with Crippen molar-refractivity contribution in [1.29, 1.82) is 0 Å². The number of thiophene rings is 1. The lowest BCUT2D eigenvalue weighted by Gasteiger charge is -2.31. The van der Waals surface area contributed by atoms with Gasteiger partial charge in [0.1, 0.15) is 0 Å². The van der Waals surface area contributed by atoms with Gasteiger partial charge in [-0.3, -0.25) is 9.88 Å². The molecule has 4 aromatic heterocycles. The molecule has 27 heavy (non-hydrogen) atoms. The van der Waals surface area contributed by atoms with Crippen LogP contribution < -0.4 is 0 Å². The van der Waals surface area contributed by atoms with Gasteiger partial charge in [0, 0.05) is 43.2 Å². The molecule has 0 amide bonds. The molecule has 1 unspecified atom stereocenters. The highest BCUT2D eigenvalue weighted by molar-refractivity contribution is 7.07. The molecule has 4 aromatic rings. The minimum Gasteiger partial charge on any atom is -0.298 e. The number of likely N-dealkylation sites (tertiary alicyclic amines) is 1. The number of nitrogens with zero attached hydrogens (tertiary/aromatic N) is 5. The highest BCUT2D eigenvalue weighted by Gasteiger charge is 2.24. The zero-order chi connectivity index (χ0) is 18.1. The van der Waals surface area contributed by atoms with Gasteiger partial charge in [0.25, 0.3) is 0 Å². The van der Waals surface area contributed by atoms with Gasteiger partial charge in [-0.2, -0.15) is 16.4 Å². The highest BCUT2D eigenvalue weighted by Crippen LogP contribution is 2.27. The van der Waals surface area contributed by atoms with E-state index in [2.05, 4.69) is 45.0 Å². The van der Waals surface area contributed by atoms with Crippen LogP contribution in [0.2, 0.25) is 0 Å². The molecule has 0 saturated carbocycles. The van der Waals surface area contributed by atoms with E-state index < -0.39 is 0 Å². The molecule has 1 fully saturated rings. The zero-order valence-corrected chi connectivity index (χ0v) is 15.8. The molecule has 0 bridgehead atoms. The first-order chi connectivity index (χ1) is 13.3. The summed E-state index contributed by atoms with van der Waals surface area (Å²) in [7, 11) is 0. The molecule has 0 aromatic carbocycles. The summed E-state index contributed by atoms with van der Waals surface area (Å²) in [5, 5.41) is 9.22. The Morgan fingerprint density at radius 2 is 2.00 bits per heavy atom. The molecule has 5 nitrogen and oxygen atoms in total. The van der Waals surface area contributed by atoms with E-state index in [1.165, 1.54) is 12.0 Å². The van der Waals surface area contributed by atoms with E-state index >= 15 is 0 Å². The fraction of sp³-hybridized carbons (Fsp3) is 0.286. The van der Waals surface area contributed by atoms with Gasteiger partial charge in [-0.1, -0.05) is 0 Å². The van der Waals surface area contributed by atoms with Crippen LogP contribution in [-0.2, 0) is 6.54 Å². The highest BCUT2D eigenvalue weighted by atomic mass is 32.1. The molecule has 1 saturated heterocycles. The number of hydrogen-bond donors (Lipinski definition) is 0. The van der Waals surface area contributed by atoms with Crippen LogP contribution in [0.25, 0.3) is 16.8 Å². The summed E-state index contributed by atoms with van der Waals surface area (Å²) in [5.74, 6) is 1.37. The van der Waals surface area contributed by atoms with Crippen molar-refractivity contribution in [1.82, 2.24) is 24.5 Å². The number of rotatable bonds is 4. The molecule has 0 aliphatic carbocycles. The van der Waals surface area contributed by atoms with Gasteiger partial charge < -0.3 is 0 Å². The molecule has 1 atom stereocenters. The largest absolute Gasteiger partial charge is 0.298 e. The topological polar surface area (TPSA) is 46.3 Å². The van der Waals surface area contributed by atoms with Crippen molar-refractivity contribution in [2.45, 2.75) is 25.3 Å². The second-order valence-corrected chi connectivity index (χ2v) is 7.91. The molecule has 5 rings (SSSR count). The summed E-state index contributed by atoms with van der Waals surface area (Å²) in [4.78, 5) is 11.4. The fourth-order valence-electron chi connectivity index (χ4n) is 3.84. The van der Waals surface area contributed by atoms with E-state index in [0.717, 1.165) is 48.7 Å². The average molecular weight is 376 g/mol. The van der Waals surface area contributed by atoms with Crippen molar-refractivity contribution in [3.05, 3.63) is 71.1 Å². The Morgan fingerprint density at radius 3 is 2.85 bits per heavy atom. The predicted molar refractivity (Wildman–Crippen MR) is 108 cm³/mol. The molecule has 0 N–H and O–H groups in total. The molecular formula is C21H21N5S. The minimum absolute atomic E-state index is 0.404. The predicted octanol–water partition coefficient (Wildman–Crippen LogP) is 4.23. The van der Waals surface area contributed by atoms with Crippen LogP contribution in [0.3, 0.4) is 0 Å². The third-order valence-electron chi connectivity index (χ3n) is 5.22. The molecule has 5 heterocycles. The summed E-state index contributed by atoms with van der Waals surface area (Å²) < 4.78 is 1.92. The molecule has 1 aliphatic heterocycles. The number of fused-ring (bicyclic) bond motifs is 1. The molecular weight excluding hydrogens is 354 g/mol.